The van der Waals surface area contributed by atoms with Crippen molar-refractivity contribution in [3.8, 4) is 0 Å². The Morgan fingerprint density at radius 2 is 2.43 bits per heavy atom. The van der Waals surface area contributed by atoms with Crippen LogP contribution in [0.25, 0.3) is 0 Å². The van der Waals surface area contributed by atoms with Crippen molar-refractivity contribution in [2.75, 3.05) is 19.7 Å². The third-order valence-electron chi connectivity index (χ3n) is 3.34. The van der Waals surface area contributed by atoms with E-state index in [2.05, 4.69) is 24.8 Å². The summed E-state index contributed by atoms with van der Waals surface area (Å²) in [5, 5.41) is 10.9. The normalized spacial score (nSPS) is 19.0. The number of carbonyl (C=O) groups excluding carboxylic acids is 1. The van der Waals surface area contributed by atoms with Gasteiger partial charge in [-0.3, -0.25) is 9.89 Å². The van der Waals surface area contributed by atoms with E-state index in [1.165, 1.54) is 0 Å². The van der Waals surface area contributed by atoms with Crippen LogP contribution in [0.1, 0.15) is 40.0 Å². The Labute approximate surface area is 125 Å². The van der Waals surface area contributed by atoms with Crippen molar-refractivity contribution in [2.24, 2.45) is 0 Å². The zero-order valence-electron chi connectivity index (χ0n) is 11.9. The number of hydrogen-bond donors (Lipinski definition) is 1. The molecule has 9 heteroatoms. The highest BCUT2D eigenvalue weighted by Crippen LogP contribution is 2.22. The van der Waals surface area contributed by atoms with Crippen molar-refractivity contribution >= 4 is 17.4 Å². The van der Waals surface area contributed by atoms with E-state index in [9.17, 15) is 4.79 Å². The van der Waals surface area contributed by atoms with Gasteiger partial charge in [-0.25, -0.2) is 4.98 Å². The van der Waals surface area contributed by atoms with E-state index in [4.69, 9.17) is 4.74 Å². The van der Waals surface area contributed by atoms with Crippen molar-refractivity contribution in [2.45, 2.75) is 26.4 Å². The molecule has 1 saturated heterocycles. The first-order chi connectivity index (χ1) is 10.2. The average Bonchev–Trinajstić information content (AvgIpc) is 3.15. The third kappa shape index (κ3) is 2.79. The second kappa shape index (κ2) is 5.86. The first-order valence-electron chi connectivity index (χ1n) is 6.80. The van der Waals surface area contributed by atoms with Crippen molar-refractivity contribution in [1.29, 1.82) is 0 Å². The van der Waals surface area contributed by atoms with Gasteiger partial charge in [0.2, 0.25) is 0 Å². The molecule has 1 fully saturated rings. The number of hydrogen-bond acceptors (Lipinski definition) is 7. The Morgan fingerprint density at radius 3 is 3.14 bits per heavy atom. The summed E-state index contributed by atoms with van der Waals surface area (Å²) in [7, 11) is 0. The standard InChI is InChI=1S/C12H16N6O2S/c1-3-8-10(21-17-15-8)12(19)18-4-5-20-9(6-18)11-13-7(2)14-16-11/h9H,3-6H2,1-2H3,(H,13,14,16). The van der Waals surface area contributed by atoms with Crippen LogP contribution in [-0.2, 0) is 11.2 Å². The fraction of sp³-hybridized carbons (Fsp3) is 0.583. The highest BCUT2D eigenvalue weighted by molar-refractivity contribution is 7.08. The Bertz CT molecular complexity index is 639. The van der Waals surface area contributed by atoms with E-state index in [0.29, 0.717) is 36.8 Å². The van der Waals surface area contributed by atoms with Crippen molar-refractivity contribution < 1.29 is 9.53 Å². The molecule has 1 N–H and O–H groups in total. The quantitative estimate of drug-likeness (QED) is 0.898. The molecule has 1 amide bonds. The number of aromatic nitrogens is 5. The lowest BCUT2D eigenvalue weighted by atomic mass is 10.2. The zero-order chi connectivity index (χ0) is 14.8. The Balaban J connectivity index is 1.75. The molecular formula is C12H16N6O2S. The molecule has 1 unspecified atom stereocenters. The molecule has 0 aromatic carbocycles. The van der Waals surface area contributed by atoms with Crippen LogP contribution in [0.2, 0.25) is 0 Å². The molecule has 0 radical (unpaired) electrons. The molecule has 21 heavy (non-hydrogen) atoms. The van der Waals surface area contributed by atoms with Gasteiger partial charge in [0, 0.05) is 6.54 Å². The number of nitrogens with one attached hydrogen (secondary N) is 1. The van der Waals surface area contributed by atoms with Crippen molar-refractivity contribution in [3.63, 3.8) is 0 Å². The van der Waals surface area contributed by atoms with Crippen LogP contribution in [0.4, 0.5) is 0 Å². The average molecular weight is 308 g/mol. The fourth-order valence-corrected chi connectivity index (χ4v) is 2.96. The van der Waals surface area contributed by atoms with Gasteiger partial charge in [-0.15, -0.1) is 5.10 Å². The summed E-state index contributed by atoms with van der Waals surface area (Å²) in [6.45, 7) is 5.26. The molecule has 1 atom stereocenters. The number of amides is 1. The number of ether oxygens (including phenoxy) is 1. The highest BCUT2D eigenvalue weighted by atomic mass is 32.1. The maximum absolute atomic E-state index is 12.6. The first-order valence-corrected chi connectivity index (χ1v) is 7.57. The van der Waals surface area contributed by atoms with Crippen LogP contribution in [0.3, 0.4) is 0 Å². The van der Waals surface area contributed by atoms with E-state index in [1.54, 1.807) is 4.90 Å². The number of aromatic amines is 1. The molecule has 3 heterocycles. The largest absolute Gasteiger partial charge is 0.366 e. The molecule has 3 rings (SSSR count). The van der Waals surface area contributed by atoms with E-state index >= 15 is 0 Å². The van der Waals surface area contributed by atoms with Gasteiger partial charge in [-0.05, 0) is 24.9 Å². The maximum atomic E-state index is 12.6. The monoisotopic (exact) mass is 308 g/mol. The molecule has 112 valence electrons. The summed E-state index contributed by atoms with van der Waals surface area (Å²) < 4.78 is 9.54. The van der Waals surface area contributed by atoms with Gasteiger partial charge in [-0.1, -0.05) is 11.4 Å². The maximum Gasteiger partial charge on any atom is 0.267 e. The SMILES string of the molecule is CCc1nnsc1C(=O)N1CCOC(c2n[nH]c(C)n2)C1. The van der Waals surface area contributed by atoms with Crippen LogP contribution in [-0.4, -0.2) is 55.3 Å². The van der Waals surface area contributed by atoms with Gasteiger partial charge < -0.3 is 9.64 Å². The molecular weight excluding hydrogens is 292 g/mol. The Kier molecular flexibility index (Phi) is 3.93. The number of nitrogens with zero attached hydrogens (tertiary/aromatic N) is 5. The second-order valence-corrected chi connectivity index (χ2v) is 5.55. The van der Waals surface area contributed by atoms with Crippen LogP contribution < -0.4 is 0 Å². The smallest absolute Gasteiger partial charge is 0.267 e. The van der Waals surface area contributed by atoms with Gasteiger partial charge >= 0.3 is 0 Å². The lowest BCUT2D eigenvalue weighted by molar-refractivity contribution is -0.0265. The number of morpholine rings is 1. The molecule has 0 spiro atoms. The highest BCUT2D eigenvalue weighted by Gasteiger charge is 2.30. The summed E-state index contributed by atoms with van der Waals surface area (Å²) in [6.07, 6.45) is 0.407. The minimum Gasteiger partial charge on any atom is -0.366 e. The minimum atomic E-state index is -0.293. The van der Waals surface area contributed by atoms with Gasteiger partial charge in [-0.2, -0.15) is 5.10 Å². The summed E-state index contributed by atoms with van der Waals surface area (Å²) >= 11 is 1.15. The van der Waals surface area contributed by atoms with E-state index in [-0.39, 0.29) is 12.0 Å². The predicted octanol–water partition coefficient (Wildman–Crippen LogP) is 0.741. The molecule has 2 aromatic heterocycles. The second-order valence-electron chi connectivity index (χ2n) is 4.79. The van der Waals surface area contributed by atoms with Crippen molar-refractivity contribution in [1.82, 2.24) is 29.7 Å². The zero-order valence-corrected chi connectivity index (χ0v) is 12.7. The third-order valence-corrected chi connectivity index (χ3v) is 4.10. The Hall–Kier alpha value is -1.87. The topological polar surface area (TPSA) is 96.9 Å². The summed E-state index contributed by atoms with van der Waals surface area (Å²) in [5.74, 6) is 1.28. The van der Waals surface area contributed by atoms with Crippen LogP contribution in [0.5, 0.6) is 0 Å². The Morgan fingerprint density at radius 1 is 1.57 bits per heavy atom. The summed E-state index contributed by atoms with van der Waals surface area (Å²) in [6, 6.07) is 0. The van der Waals surface area contributed by atoms with E-state index in [0.717, 1.165) is 23.1 Å². The molecule has 8 nitrogen and oxygen atoms in total. The van der Waals surface area contributed by atoms with Gasteiger partial charge in [0.05, 0.1) is 18.8 Å². The molecule has 0 aliphatic carbocycles. The molecule has 0 saturated carbocycles. The van der Waals surface area contributed by atoms with Crippen LogP contribution in [0, 0.1) is 6.92 Å². The van der Waals surface area contributed by atoms with Crippen molar-refractivity contribution in [3.05, 3.63) is 22.2 Å². The molecule has 0 bridgehead atoms. The summed E-state index contributed by atoms with van der Waals surface area (Å²) in [4.78, 5) is 19.2. The molecule has 1 aliphatic heterocycles. The number of H-pyrrole nitrogens is 1. The number of rotatable bonds is 3. The molecule has 1 aliphatic rings. The van der Waals surface area contributed by atoms with E-state index in [1.807, 2.05) is 13.8 Å². The van der Waals surface area contributed by atoms with Crippen LogP contribution in [0.15, 0.2) is 0 Å². The van der Waals surface area contributed by atoms with Gasteiger partial charge in [0.25, 0.3) is 5.91 Å². The fourth-order valence-electron chi connectivity index (χ4n) is 2.24. The number of aryl methyl sites for hydroxylation is 2. The van der Waals surface area contributed by atoms with Crippen LogP contribution >= 0.6 is 11.5 Å². The summed E-state index contributed by atoms with van der Waals surface area (Å²) in [5.41, 5.74) is 0.752. The minimum absolute atomic E-state index is 0.0394. The lowest BCUT2D eigenvalue weighted by Crippen LogP contribution is -2.42. The van der Waals surface area contributed by atoms with Gasteiger partial charge in [0.1, 0.15) is 16.8 Å². The van der Waals surface area contributed by atoms with Gasteiger partial charge in [0.15, 0.2) is 5.82 Å². The predicted molar refractivity (Wildman–Crippen MR) is 75.0 cm³/mol. The number of carbonyl (C=O) groups is 1. The first kappa shape index (κ1) is 14.1. The lowest BCUT2D eigenvalue weighted by Gasteiger charge is -2.31. The molecule has 2 aromatic rings. The van der Waals surface area contributed by atoms with E-state index < -0.39 is 0 Å².